The number of benzene rings is 1. The highest BCUT2D eigenvalue weighted by atomic mass is 35.5. The fourth-order valence-corrected chi connectivity index (χ4v) is 1.92. The average molecular weight is 312 g/mol. The summed E-state index contributed by atoms with van der Waals surface area (Å²) in [6.45, 7) is 5.08. The highest BCUT2D eigenvalue weighted by Crippen LogP contribution is 2.21. The van der Waals surface area contributed by atoms with Crippen LogP contribution in [0.3, 0.4) is 0 Å². The second-order valence-electron chi connectivity index (χ2n) is 4.52. The minimum atomic E-state index is -1.08. The van der Waals surface area contributed by atoms with E-state index in [0.29, 0.717) is 23.6 Å². The summed E-state index contributed by atoms with van der Waals surface area (Å²) in [6, 6.07) is 4.10. The van der Waals surface area contributed by atoms with Crippen molar-refractivity contribution < 1.29 is 19.4 Å². The number of carboxylic acids is 1. The fourth-order valence-electron chi connectivity index (χ4n) is 1.70. The van der Waals surface area contributed by atoms with Crippen LogP contribution in [0.4, 0.5) is 0 Å². The van der Waals surface area contributed by atoms with Gasteiger partial charge in [-0.3, -0.25) is 4.79 Å². The summed E-state index contributed by atoms with van der Waals surface area (Å²) >= 11 is 5.82. The Balaban J connectivity index is 2.52. The van der Waals surface area contributed by atoms with Crippen molar-refractivity contribution in [2.24, 2.45) is 0 Å². The van der Waals surface area contributed by atoms with E-state index < -0.39 is 17.9 Å². The van der Waals surface area contributed by atoms with Gasteiger partial charge >= 0.3 is 5.97 Å². The SMILES string of the molecule is C=CCCC(NC(=O)COc1ccc(Cl)cc1C)C(=O)O. The molecule has 1 amide bonds. The number of ether oxygens (including phenoxy) is 1. The molecule has 0 aromatic heterocycles. The standard InChI is InChI=1S/C15H18ClNO4/c1-3-4-5-12(15(19)20)17-14(18)9-21-13-7-6-11(16)8-10(13)2/h3,6-8,12H,1,4-5,9H2,2H3,(H,17,18)(H,19,20). The lowest BCUT2D eigenvalue weighted by Crippen LogP contribution is -2.42. The van der Waals surface area contributed by atoms with Crippen LogP contribution in [0.15, 0.2) is 30.9 Å². The van der Waals surface area contributed by atoms with E-state index in [-0.39, 0.29) is 6.61 Å². The normalized spacial score (nSPS) is 11.5. The molecule has 0 spiro atoms. The van der Waals surface area contributed by atoms with Gasteiger partial charge in [0.2, 0.25) is 0 Å². The maximum atomic E-state index is 11.7. The van der Waals surface area contributed by atoms with E-state index in [2.05, 4.69) is 11.9 Å². The number of allylic oxidation sites excluding steroid dienone is 1. The molecule has 6 heteroatoms. The van der Waals surface area contributed by atoms with Crippen LogP contribution in [-0.2, 0) is 9.59 Å². The summed E-state index contributed by atoms with van der Waals surface area (Å²) in [7, 11) is 0. The van der Waals surface area contributed by atoms with Gasteiger partial charge in [0.05, 0.1) is 0 Å². The molecule has 0 aliphatic carbocycles. The lowest BCUT2D eigenvalue weighted by Gasteiger charge is -2.14. The second-order valence-corrected chi connectivity index (χ2v) is 4.96. The zero-order valence-electron chi connectivity index (χ0n) is 11.8. The van der Waals surface area contributed by atoms with Gasteiger partial charge in [-0.2, -0.15) is 0 Å². The first kappa shape index (κ1) is 17.0. The number of halogens is 1. The van der Waals surface area contributed by atoms with E-state index in [0.717, 1.165) is 5.56 Å². The van der Waals surface area contributed by atoms with Crippen LogP contribution in [0, 0.1) is 6.92 Å². The molecule has 0 heterocycles. The van der Waals surface area contributed by atoms with E-state index in [1.807, 2.05) is 6.92 Å². The van der Waals surface area contributed by atoms with Crippen LogP contribution in [0.2, 0.25) is 5.02 Å². The maximum absolute atomic E-state index is 11.7. The number of amides is 1. The van der Waals surface area contributed by atoms with E-state index in [1.165, 1.54) is 0 Å². The highest BCUT2D eigenvalue weighted by molar-refractivity contribution is 6.30. The first-order chi connectivity index (χ1) is 9.93. The molecule has 2 N–H and O–H groups in total. The van der Waals surface area contributed by atoms with Gasteiger partial charge < -0.3 is 15.2 Å². The van der Waals surface area contributed by atoms with Gasteiger partial charge in [-0.25, -0.2) is 4.79 Å². The number of carbonyl (C=O) groups is 2. The Morgan fingerprint density at radius 2 is 2.24 bits per heavy atom. The van der Waals surface area contributed by atoms with Gasteiger partial charge in [0.15, 0.2) is 6.61 Å². The Morgan fingerprint density at radius 1 is 1.52 bits per heavy atom. The second kappa shape index (κ2) is 8.32. The average Bonchev–Trinajstić information content (AvgIpc) is 2.42. The minimum Gasteiger partial charge on any atom is -0.484 e. The van der Waals surface area contributed by atoms with Crippen molar-refractivity contribution in [3.63, 3.8) is 0 Å². The van der Waals surface area contributed by atoms with E-state index >= 15 is 0 Å². The summed E-state index contributed by atoms with van der Waals surface area (Å²) in [4.78, 5) is 22.7. The van der Waals surface area contributed by atoms with Gasteiger partial charge in [0.25, 0.3) is 5.91 Å². The van der Waals surface area contributed by atoms with Crippen LogP contribution in [-0.4, -0.2) is 29.6 Å². The molecule has 0 saturated heterocycles. The molecule has 0 aliphatic heterocycles. The van der Waals surface area contributed by atoms with Crippen LogP contribution < -0.4 is 10.1 Å². The fraction of sp³-hybridized carbons (Fsp3) is 0.333. The smallest absolute Gasteiger partial charge is 0.326 e. The van der Waals surface area contributed by atoms with Gasteiger partial charge in [-0.05, 0) is 43.5 Å². The Bertz CT molecular complexity index is 530. The molecule has 0 bridgehead atoms. The first-order valence-corrected chi connectivity index (χ1v) is 6.84. The van der Waals surface area contributed by atoms with E-state index in [4.69, 9.17) is 21.4 Å². The quantitative estimate of drug-likeness (QED) is 0.723. The Hall–Kier alpha value is -2.01. The van der Waals surface area contributed by atoms with E-state index in [9.17, 15) is 9.59 Å². The zero-order chi connectivity index (χ0) is 15.8. The topological polar surface area (TPSA) is 75.6 Å². The molecule has 1 unspecified atom stereocenters. The van der Waals surface area contributed by atoms with Gasteiger partial charge in [-0.15, -0.1) is 6.58 Å². The highest BCUT2D eigenvalue weighted by Gasteiger charge is 2.19. The minimum absolute atomic E-state index is 0.250. The molecule has 1 rings (SSSR count). The van der Waals surface area contributed by atoms with Gasteiger partial charge in [-0.1, -0.05) is 17.7 Å². The number of carbonyl (C=O) groups excluding carboxylic acids is 1. The summed E-state index contributed by atoms with van der Waals surface area (Å²) in [6.07, 6.45) is 2.41. The number of nitrogens with one attached hydrogen (secondary N) is 1. The lowest BCUT2D eigenvalue weighted by molar-refractivity contribution is -0.142. The summed E-state index contributed by atoms with van der Waals surface area (Å²) in [5.41, 5.74) is 0.803. The van der Waals surface area contributed by atoms with Crippen molar-refractivity contribution in [3.05, 3.63) is 41.4 Å². The van der Waals surface area contributed by atoms with Crippen molar-refractivity contribution in [1.29, 1.82) is 0 Å². The first-order valence-electron chi connectivity index (χ1n) is 6.46. The molecule has 1 atom stereocenters. The Morgan fingerprint density at radius 3 is 2.81 bits per heavy atom. The number of hydrogen-bond donors (Lipinski definition) is 2. The third kappa shape index (κ3) is 5.87. The third-order valence-electron chi connectivity index (χ3n) is 2.79. The molecule has 0 aliphatic rings. The molecule has 1 aromatic rings. The number of carboxylic acid groups (broad SMARTS) is 1. The van der Waals surface area contributed by atoms with E-state index in [1.54, 1.807) is 24.3 Å². The number of aliphatic carboxylic acids is 1. The molecule has 0 saturated carbocycles. The molecule has 5 nitrogen and oxygen atoms in total. The van der Waals surface area contributed by atoms with Crippen LogP contribution >= 0.6 is 11.6 Å². The van der Waals surface area contributed by atoms with Crippen molar-refractivity contribution in [1.82, 2.24) is 5.32 Å². The molecule has 21 heavy (non-hydrogen) atoms. The van der Waals surface area contributed by atoms with Gasteiger partial charge in [0.1, 0.15) is 11.8 Å². The molecule has 1 aromatic carbocycles. The lowest BCUT2D eigenvalue weighted by atomic mass is 10.1. The van der Waals surface area contributed by atoms with Crippen LogP contribution in [0.25, 0.3) is 0 Å². The van der Waals surface area contributed by atoms with Crippen molar-refractivity contribution in [3.8, 4) is 5.75 Å². The van der Waals surface area contributed by atoms with Crippen LogP contribution in [0.1, 0.15) is 18.4 Å². The Labute approximate surface area is 128 Å². The summed E-state index contributed by atoms with van der Waals surface area (Å²) in [5.74, 6) is -1.03. The molecular weight excluding hydrogens is 294 g/mol. The molecule has 114 valence electrons. The van der Waals surface area contributed by atoms with Crippen LogP contribution in [0.5, 0.6) is 5.75 Å². The Kier molecular flexibility index (Phi) is 6.75. The van der Waals surface area contributed by atoms with Crippen molar-refractivity contribution in [2.45, 2.75) is 25.8 Å². The zero-order valence-corrected chi connectivity index (χ0v) is 12.5. The van der Waals surface area contributed by atoms with Crippen molar-refractivity contribution in [2.75, 3.05) is 6.61 Å². The van der Waals surface area contributed by atoms with Gasteiger partial charge in [0, 0.05) is 5.02 Å². The molecule has 0 fully saturated rings. The predicted octanol–water partition coefficient (Wildman–Crippen LogP) is 2.56. The molecular formula is C15H18ClNO4. The molecule has 0 radical (unpaired) electrons. The number of hydrogen-bond acceptors (Lipinski definition) is 3. The van der Waals surface area contributed by atoms with Crippen molar-refractivity contribution >= 4 is 23.5 Å². The third-order valence-corrected chi connectivity index (χ3v) is 3.02. The number of rotatable bonds is 8. The number of aryl methyl sites for hydroxylation is 1. The summed E-state index contributed by atoms with van der Waals surface area (Å²) < 4.78 is 5.35. The predicted molar refractivity (Wildman–Crippen MR) is 80.7 cm³/mol. The monoisotopic (exact) mass is 311 g/mol. The largest absolute Gasteiger partial charge is 0.484 e. The summed E-state index contributed by atoms with van der Waals surface area (Å²) in [5, 5.41) is 12.0. The maximum Gasteiger partial charge on any atom is 0.326 e.